The highest BCUT2D eigenvalue weighted by Crippen LogP contribution is 2.21. The van der Waals surface area contributed by atoms with Gasteiger partial charge in [0.15, 0.2) is 5.96 Å². The smallest absolute Gasteiger partial charge is 0.251 e. The predicted octanol–water partition coefficient (Wildman–Crippen LogP) is 3.31. The van der Waals surface area contributed by atoms with Gasteiger partial charge in [-0.05, 0) is 43.2 Å². The fourth-order valence-corrected chi connectivity index (χ4v) is 3.50. The molecule has 172 valence electrons. The summed E-state index contributed by atoms with van der Waals surface area (Å²) >= 11 is 0. The lowest BCUT2D eigenvalue weighted by atomic mass is 10.1. The molecule has 0 spiro atoms. The molecule has 1 aliphatic rings. The summed E-state index contributed by atoms with van der Waals surface area (Å²) in [4.78, 5) is 31.1. The van der Waals surface area contributed by atoms with E-state index in [1.165, 1.54) is 0 Å². The van der Waals surface area contributed by atoms with E-state index in [2.05, 4.69) is 20.9 Å². The summed E-state index contributed by atoms with van der Waals surface area (Å²) < 4.78 is 0. The van der Waals surface area contributed by atoms with Gasteiger partial charge in [0.1, 0.15) is 0 Å². The van der Waals surface area contributed by atoms with Gasteiger partial charge in [-0.1, -0.05) is 37.3 Å². The summed E-state index contributed by atoms with van der Waals surface area (Å²) in [5.41, 5.74) is 2.51. The normalized spacial score (nSPS) is 15.8. The largest absolute Gasteiger partial charge is 0.357 e. The summed E-state index contributed by atoms with van der Waals surface area (Å²) in [6, 6.07) is 17.2. The maximum absolute atomic E-state index is 12.5. The first-order valence-electron chi connectivity index (χ1n) is 10.9. The summed E-state index contributed by atoms with van der Waals surface area (Å²) in [5, 5.41) is 9.52. The first-order valence-corrected chi connectivity index (χ1v) is 10.9. The topological polar surface area (TPSA) is 85.8 Å². The number of guanidine groups is 1. The SMILES string of the molecule is CCCNC(=O)c1cccc(CN=C(NCC)NC2CC(=O)N(c3ccccc3)C2)c1.I. The molecular weight excluding hydrogens is 517 g/mol. The number of carbonyl (C=O) groups is 2. The number of nitrogens with one attached hydrogen (secondary N) is 3. The molecule has 1 heterocycles. The fraction of sp³-hybridized carbons (Fsp3) is 0.375. The molecule has 2 aromatic carbocycles. The zero-order valence-corrected chi connectivity index (χ0v) is 21.0. The fourth-order valence-electron chi connectivity index (χ4n) is 3.50. The third-order valence-corrected chi connectivity index (χ3v) is 5.02. The summed E-state index contributed by atoms with van der Waals surface area (Å²) in [6.45, 7) is 6.45. The molecule has 1 unspecified atom stereocenters. The molecule has 2 amide bonds. The van der Waals surface area contributed by atoms with Gasteiger partial charge < -0.3 is 20.9 Å². The van der Waals surface area contributed by atoms with E-state index in [1.807, 2.05) is 68.4 Å². The molecule has 0 aliphatic carbocycles. The summed E-state index contributed by atoms with van der Waals surface area (Å²) in [6.07, 6.45) is 1.32. The van der Waals surface area contributed by atoms with Crippen molar-refractivity contribution in [3.05, 3.63) is 65.7 Å². The highest BCUT2D eigenvalue weighted by Gasteiger charge is 2.31. The minimum atomic E-state index is -0.0665. The van der Waals surface area contributed by atoms with E-state index in [4.69, 9.17) is 0 Å². The maximum atomic E-state index is 12.5. The van der Waals surface area contributed by atoms with Crippen LogP contribution >= 0.6 is 24.0 Å². The van der Waals surface area contributed by atoms with Crippen molar-refractivity contribution in [1.82, 2.24) is 16.0 Å². The Kier molecular flexibility index (Phi) is 10.5. The quantitative estimate of drug-likeness (QED) is 0.268. The van der Waals surface area contributed by atoms with Crippen molar-refractivity contribution < 1.29 is 9.59 Å². The van der Waals surface area contributed by atoms with Gasteiger partial charge in [0.25, 0.3) is 5.91 Å². The number of hydrogen-bond acceptors (Lipinski definition) is 3. The first-order chi connectivity index (χ1) is 15.1. The van der Waals surface area contributed by atoms with Crippen LogP contribution in [-0.4, -0.2) is 43.5 Å². The van der Waals surface area contributed by atoms with Crippen LogP contribution in [0.3, 0.4) is 0 Å². The highest BCUT2D eigenvalue weighted by molar-refractivity contribution is 14.0. The number of para-hydroxylation sites is 1. The molecule has 0 bridgehead atoms. The van der Waals surface area contributed by atoms with Crippen LogP contribution in [0.5, 0.6) is 0 Å². The van der Waals surface area contributed by atoms with Gasteiger partial charge in [-0.25, -0.2) is 4.99 Å². The minimum absolute atomic E-state index is 0. The van der Waals surface area contributed by atoms with Gasteiger partial charge in [0.05, 0.1) is 12.6 Å². The molecule has 1 aliphatic heterocycles. The number of nitrogens with zero attached hydrogens (tertiary/aromatic N) is 2. The molecule has 2 aromatic rings. The monoisotopic (exact) mass is 549 g/mol. The number of benzene rings is 2. The van der Waals surface area contributed by atoms with E-state index in [9.17, 15) is 9.59 Å². The van der Waals surface area contributed by atoms with Crippen LogP contribution < -0.4 is 20.9 Å². The molecular formula is C24H32IN5O2. The van der Waals surface area contributed by atoms with E-state index < -0.39 is 0 Å². The molecule has 0 aromatic heterocycles. The first kappa shape index (κ1) is 25.6. The zero-order chi connectivity index (χ0) is 22.1. The second-order valence-electron chi connectivity index (χ2n) is 7.54. The van der Waals surface area contributed by atoms with Gasteiger partial charge in [-0.3, -0.25) is 9.59 Å². The van der Waals surface area contributed by atoms with Crippen LogP contribution in [0.15, 0.2) is 59.6 Å². The van der Waals surface area contributed by atoms with Crippen molar-refractivity contribution in [3.8, 4) is 0 Å². The predicted molar refractivity (Wildman–Crippen MR) is 140 cm³/mol. The summed E-state index contributed by atoms with van der Waals surface area (Å²) in [5.74, 6) is 0.699. The second kappa shape index (κ2) is 13.0. The Bertz CT molecular complexity index is 920. The number of aliphatic imine (C=N–C) groups is 1. The van der Waals surface area contributed by atoms with Gasteiger partial charge in [-0.15, -0.1) is 24.0 Å². The Morgan fingerprint density at radius 1 is 1.09 bits per heavy atom. The van der Waals surface area contributed by atoms with Crippen LogP contribution in [0.25, 0.3) is 0 Å². The van der Waals surface area contributed by atoms with Gasteiger partial charge >= 0.3 is 0 Å². The van der Waals surface area contributed by atoms with E-state index in [-0.39, 0.29) is 41.8 Å². The van der Waals surface area contributed by atoms with Crippen molar-refractivity contribution in [1.29, 1.82) is 0 Å². The van der Waals surface area contributed by atoms with Gasteiger partial charge in [-0.2, -0.15) is 0 Å². The molecule has 3 N–H and O–H groups in total. The third kappa shape index (κ3) is 7.22. The van der Waals surface area contributed by atoms with Crippen LogP contribution in [0.2, 0.25) is 0 Å². The van der Waals surface area contributed by atoms with Gasteiger partial charge in [0, 0.05) is 37.3 Å². The van der Waals surface area contributed by atoms with Crippen molar-refractivity contribution in [2.45, 2.75) is 39.3 Å². The van der Waals surface area contributed by atoms with Crippen molar-refractivity contribution in [2.24, 2.45) is 4.99 Å². The van der Waals surface area contributed by atoms with Crippen LogP contribution in [-0.2, 0) is 11.3 Å². The lowest BCUT2D eigenvalue weighted by Crippen LogP contribution is -2.44. The lowest BCUT2D eigenvalue weighted by Gasteiger charge is -2.19. The van der Waals surface area contributed by atoms with E-state index in [1.54, 1.807) is 4.90 Å². The Labute approximate surface area is 207 Å². The maximum Gasteiger partial charge on any atom is 0.251 e. The number of carbonyl (C=O) groups excluding carboxylic acids is 2. The number of hydrogen-bond donors (Lipinski definition) is 3. The van der Waals surface area contributed by atoms with Crippen LogP contribution in [0.4, 0.5) is 5.69 Å². The number of rotatable bonds is 8. The molecule has 1 atom stereocenters. The third-order valence-electron chi connectivity index (χ3n) is 5.02. The van der Waals surface area contributed by atoms with Crippen molar-refractivity contribution in [2.75, 3.05) is 24.5 Å². The number of anilines is 1. The standard InChI is InChI=1S/C24H31N5O2.HI/c1-3-13-26-23(31)19-10-8-9-18(14-19)16-27-24(25-4-2)28-20-15-22(30)29(17-20)21-11-6-5-7-12-21;/h5-12,14,20H,3-4,13,15-17H2,1-2H3,(H,26,31)(H2,25,27,28);1H. The second-order valence-corrected chi connectivity index (χ2v) is 7.54. The molecule has 8 heteroatoms. The van der Waals surface area contributed by atoms with E-state index >= 15 is 0 Å². The summed E-state index contributed by atoms with van der Waals surface area (Å²) in [7, 11) is 0. The Morgan fingerprint density at radius 3 is 2.59 bits per heavy atom. The Morgan fingerprint density at radius 2 is 1.88 bits per heavy atom. The Hall–Kier alpha value is -2.62. The van der Waals surface area contributed by atoms with Crippen LogP contribution in [0.1, 0.15) is 42.6 Å². The van der Waals surface area contributed by atoms with E-state index in [0.717, 1.165) is 17.7 Å². The number of halogens is 1. The Balaban J connectivity index is 0.00000363. The van der Waals surface area contributed by atoms with Crippen molar-refractivity contribution in [3.63, 3.8) is 0 Å². The molecule has 0 radical (unpaired) electrons. The molecule has 32 heavy (non-hydrogen) atoms. The van der Waals surface area contributed by atoms with Crippen molar-refractivity contribution >= 4 is 47.4 Å². The zero-order valence-electron chi connectivity index (χ0n) is 18.6. The molecule has 1 fully saturated rings. The van der Waals surface area contributed by atoms with Gasteiger partial charge in [0.2, 0.25) is 5.91 Å². The average Bonchev–Trinajstić information content (AvgIpc) is 3.16. The molecule has 7 nitrogen and oxygen atoms in total. The molecule has 1 saturated heterocycles. The molecule has 0 saturated carbocycles. The average molecular weight is 549 g/mol. The highest BCUT2D eigenvalue weighted by atomic mass is 127. The lowest BCUT2D eigenvalue weighted by molar-refractivity contribution is -0.117. The van der Waals surface area contributed by atoms with E-state index in [0.29, 0.717) is 44.1 Å². The molecule has 3 rings (SSSR count). The minimum Gasteiger partial charge on any atom is -0.357 e. The van der Waals surface area contributed by atoms with Crippen LogP contribution in [0, 0.1) is 0 Å². The number of amides is 2.